The van der Waals surface area contributed by atoms with E-state index in [1.807, 2.05) is 39.0 Å². The highest BCUT2D eigenvalue weighted by molar-refractivity contribution is 5.97. The first-order valence-corrected chi connectivity index (χ1v) is 9.44. The number of carbonyl (C=O) groups is 1. The molecule has 0 saturated carbocycles. The molecule has 2 heterocycles. The van der Waals surface area contributed by atoms with E-state index in [0.29, 0.717) is 22.4 Å². The molecule has 1 aromatic carbocycles. The van der Waals surface area contributed by atoms with Crippen molar-refractivity contribution in [2.24, 2.45) is 5.92 Å². The number of benzene rings is 1. The number of para-hydroxylation sites is 1. The van der Waals surface area contributed by atoms with Crippen LogP contribution >= 0.6 is 0 Å². The number of rotatable bonds is 6. The molecule has 0 amide bonds. The summed E-state index contributed by atoms with van der Waals surface area (Å²) in [5.41, 5.74) is 4.21. The second-order valence-corrected chi connectivity index (χ2v) is 7.69. The van der Waals surface area contributed by atoms with Crippen LogP contribution in [0.5, 0.6) is 0 Å². The van der Waals surface area contributed by atoms with E-state index in [4.69, 9.17) is 0 Å². The zero-order valence-corrected chi connectivity index (χ0v) is 16.7. The van der Waals surface area contributed by atoms with Gasteiger partial charge in [-0.3, -0.25) is 14.2 Å². The van der Waals surface area contributed by atoms with Crippen LogP contribution in [-0.4, -0.2) is 19.9 Å². The molecule has 0 saturated heterocycles. The number of aromatic nitrogens is 3. The Hall–Kier alpha value is -2.69. The summed E-state index contributed by atoms with van der Waals surface area (Å²) in [5, 5.41) is 0.549. The van der Waals surface area contributed by atoms with Crippen LogP contribution in [0.15, 0.2) is 35.4 Å². The van der Waals surface area contributed by atoms with Crippen molar-refractivity contribution in [3.05, 3.63) is 63.5 Å². The van der Waals surface area contributed by atoms with Crippen molar-refractivity contribution in [3.8, 4) is 0 Å². The first-order chi connectivity index (χ1) is 12.8. The molecule has 0 unspecified atom stereocenters. The summed E-state index contributed by atoms with van der Waals surface area (Å²) in [4.78, 5) is 30.0. The molecule has 0 aliphatic rings. The van der Waals surface area contributed by atoms with Crippen LogP contribution in [0.4, 0.5) is 0 Å². The van der Waals surface area contributed by atoms with E-state index in [9.17, 15) is 9.59 Å². The first-order valence-electron chi connectivity index (χ1n) is 9.44. The Balaban J connectivity index is 1.90. The molecule has 142 valence electrons. The Labute approximate surface area is 159 Å². The van der Waals surface area contributed by atoms with Gasteiger partial charge in [-0.2, -0.15) is 0 Å². The Morgan fingerprint density at radius 1 is 1.19 bits per heavy atom. The average Bonchev–Trinajstić information content (AvgIpc) is 2.90. The van der Waals surface area contributed by atoms with Crippen molar-refractivity contribution in [1.82, 2.24) is 14.1 Å². The van der Waals surface area contributed by atoms with Crippen LogP contribution in [0.3, 0.4) is 0 Å². The first kappa shape index (κ1) is 19.1. The van der Waals surface area contributed by atoms with E-state index in [-0.39, 0.29) is 17.9 Å². The van der Waals surface area contributed by atoms with Crippen LogP contribution < -0.4 is 5.56 Å². The van der Waals surface area contributed by atoms with Gasteiger partial charge in [0.2, 0.25) is 0 Å². The number of ketones is 1. The molecule has 0 spiro atoms. The molecule has 27 heavy (non-hydrogen) atoms. The summed E-state index contributed by atoms with van der Waals surface area (Å²) in [7, 11) is 0. The number of nitrogens with zero attached hydrogens (tertiary/aromatic N) is 3. The minimum atomic E-state index is -0.175. The van der Waals surface area contributed by atoms with Crippen LogP contribution in [0.1, 0.15) is 47.6 Å². The Bertz CT molecular complexity index is 1060. The fourth-order valence-corrected chi connectivity index (χ4v) is 3.50. The SMILES string of the molecule is Cc1cccc2c(=O)n(CC(=O)c3cc(C)n(CCC(C)C)c3C)cnc12. The Morgan fingerprint density at radius 2 is 1.93 bits per heavy atom. The minimum absolute atomic E-state index is 0.00416. The fourth-order valence-electron chi connectivity index (χ4n) is 3.50. The average molecular weight is 365 g/mol. The molecule has 0 aliphatic heterocycles. The quantitative estimate of drug-likeness (QED) is 0.619. The van der Waals surface area contributed by atoms with Gasteiger partial charge in [0.05, 0.1) is 23.8 Å². The van der Waals surface area contributed by atoms with Gasteiger partial charge in [0.1, 0.15) is 0 Å². The van der Waals surface area contributed by atoms with Crippen LogP contribution in [0.25, 0.3) is 10.9 Å². The van der Waals surface area contributed by atoms with Crippen LogP contribution in [0.2, 0.25) is 0 Å². The molecule has 0 N–H and O–H groups in total. The second-order valence-electron chi connectivity index (χ2n) is 7.69. The maximum atomic E-state index is 12.9. The molecule has 5 heteroatoms. The van der Waals surface area contributed by atoms with Crippen molar-refractivity contribution >= 4 is 16.7 Å². The van der Waals surface area contributed by atoms with Crippen LogP contribution in [-0.2, 0) is 13.1 Å². The highest BCUT2D eigenvalue weighted by Crippen LogP contribution is 2.18. The smallest absolute Gasteiger partial charge is 0.261 e. The zero-order valence-electron chi connectivity index (χ0n) is 16.7. The Morgan fingerprint density at radius 3 is 2.63 bits per heavy atom. The zero-order chi connectivity index (χ0) is 19.7. The molecule has 3 aromatic rings. The van der Waals surface area contributed by atoms with Gasteiger partial charge in [0.15, 0.2) is 5.78 Å². The van der Waals surface area contributed by atoms with Crippen molar-refractivity contribution in [3.63, 3.8) is 0 Å². The standard InChI is InChI=1S/C22H27N3O2/c1-14(2)9-10-25-16(4)11-19(17(25)5)20(26)12-24-13-23-21-15(3)7-6-8-18(21)22(24)27/h6-8,11,13-14H,9-10,12H2,1-5H3. The summed E-state index contributed by atoms with van der Waals surface area (Å²) >= 11 is 0. The number of Topliss-reactive ketones (excluding diaryl/α,β-unsaturated/α-hetero) is 1. The largest absolute Gasteiger partial charge is 0.348 e. The summed E-state index contributed by atoms with van der Waals surface area (Å²) in [6.07, 6.45) is 2.55. The lowest BCUT2D eigenvalue weighted by atomic mass is 10.1. The lowest BCUT2D eigenvalue weighted by Crippen LogP contribution is -2.25. The van der Waals surface area contributed by atoms with Gasteiger partial charge in [-0.05, 0) is 50.8 Å². The van der Waals surface area contributed by atoms with E-state index in [1.165, 1.54) is 10.9 Å². The van der Waals surface area contributed by atoms with E-state index in [2.05, 4.69) is 23.4 Å². The summed E-state index contributed by atoms with van der Waals surface area (Å²) in [6, 6.07) is 7.46. The van der Waals surface area contributed by atoms with E-state index in [0.717, 1.165) is 29.9 Å². The van der Waals surface area contributed by atoms with Gasteiger partial charge >= 0.3 is 0 Å². The lowest BCUT2D eigenvalue weighted by molar-refractivity contribution is 0.0970. The molecule has 0 atom stereocenters. The highest BCUT2D eigenvalue weighted by Gasteiger charge is 2.17. The van der Waals surface area contributed by atoms with Crippen LogP contribution in [0, 0.1) is 26.7 Å². The van der Waals surface area contributed by atoms with Crippen molar-refractivity contribution in [2.75, 3.05) is 0 Å². The second kappa shape index (κ2) is 7.51. The predicted molar refractivity (Wildman–Crippen MR) is 108 cm³/mol. The molecule has 5 nitrogen and oxygen atoms in total. The third kappa shape index (κ3) is 3.72. The van der Waals surface area contributed by atoms with Gasteiger partial charge in [0.25, 0.3) is 5.56 Å². The van der Waals surface area contributed by atoms with Crippen molar-refractivity contribution in [1.29, 1.82) is 0 Å². The predicted octanol–water partition coefficient (Wildman–Crippen LogP) is 4.05. The van der Waals surface area contributed by atoms with E-state index >= 15 is 0 Å². The third-order valence-corrected chi connectivity index (χ3v) is 5.17. The van der Waals surface area contributed by atoms with Gasteiger partial charge in [-0.25, -0.2) is 4.98 Å². The molecular formula is C22H27N3O2. The number of hydrogen-bond acceptors (Lipinski definition) is 3. The van der Waals surface area contributed by atoms with Gasteiger partial charge in [-0.15, -0.1) is 0 Å². The van der Waals surface area contributed by atoms with Gasteiger partial charge in [-0.1, -0.05) is 26.0 Å². The molecule has 0 aliphatic carbocycles. The van der Waals surface area contributed by atoms with Crippen molar-refractivity contribution in [2.45, 2.75) is 54.1 Å². The fraction of sp³-hybridized carbons (Fsp3) is 0.409. The monoisotopic (exact) mass is 365 g/mol. The van der Waals surface area contributed by atoms with E-state index < -0.39 is 0 Å². The number of aryl methyl sites for hydroxylation is 2. The highest BCUT2D eigenvalue weighted by atomic mass is 16.1. The van der Waals surface area contributed by atoms with Gasteiger partial charge < -0.3 is 4.57 Å². The summed E-state index contributed by atoms with van der Waals surface area (Å²) in [5.74, 6) is 0.547. The molecule has 0 fully saturated rings. The molecular weight excluding hydrogens is 338 g/mol. The minimum Gasteiger partial charge on any atom is -0.348 e. The van der Waals surface area contributed by atoms with Crippen molar-refractivity contribution < 1.29 is 4.79 Å². The molecule has 0 bridgehead atoms. The molecule has 3 rings (SSSR count). The lowest BCUT2D eigenvalue weighted by Gasteiger charge is -2.11. The molecule has 0 radical (unpaired) electrons. The Kier molecular flexibility index (Phi) is 5.31. The third-order valence-electron chi connectivity index (χ3n) is 5.17. The summed E-state index contributed by atoms with van der Waals surface area (Å²) in [6.45, 7) is 11.2. The molecule has 2 aromatic heterocycles. The summed E-state index contributed by atoms with van der Waals surface area (Å²) < 4.78 is 3.60. The maximum absolute atomic E-state index is 12.9. The van der Waals surface area contributed by atoms with Gasteiger partial charge in [0, 0.05) is 23.5 Å². The normalized spacial score (nSPS) is 11.5. The number of hydrogen-bond donors (Lipinski definition) is 0. The maximum Gasteiger partial charge on any atom is 0.261 e. The number of fused-ring (bicyclic) bond motifs is 1. The topological polar surface area (TPSA) is 56.9 Å². The van der Waals surface area contributed by atoms with E-state index in [1.54, 1.807) is 6.07 Å². The number of carbonyl (C=O) groups excluding carboxylic acids is 1.